The summed E-state index contributed by atoms with van der Waals surface area (Å²) in [6.45, 7) is 3.46. The zero-order valence-electron chi connectivity index (χ0n) is 16.1. The van der Waals surface area contributed by atoms with Crippen LogP contribution in [0.5, 0.6) is 0 Å². The minimum Gasteiger partial charge on any atom is -0.396 e. The van der Waals surface area contributed by atoms with Crippen molar-refractivity contribution in [2.75, 3.05) is 65.0 Å². The van der Waals surface area contributed by atoms with Gasteiger partial charge in [-0.2, -0.15) is 0 Å². The predicted molar refractivity (Wildman–Crippen MR) is 104 cm³/mol. The number of rotatable bonds is 8. The van der Waals surface area contributed by atoms with Crippen molar-refractivity contribution in [3.63, 3.8) is 0 Å². The summed E-state index contributed by atoms with van der Waals surface area (Å²) < 4.78 is 5.43. The van der Waals surface area contributed by atoms with Crippen LogP contribution in [-0.2, 0) is 14.3 Å². The molecule has 8 nitrogen and oxygen atoms in total. The van der Waals surface area contributed by atoms with Gasteiger partial charge in [0.25, 0.3) is 0 Å². The number of carbonyl (C=O) groups is 2. The van der Waals surface area contributed by atoms with Crippen molar-refractivity contribution in [3.05, 3.63) is 29.8 Å². The zero-order chi connectivity index (χ0) is 19.6. The maximum atomic E-state index is 12.1. The number of anilines is 1. The van der Waals surface area contributed by atoms with Crippen LogP contribution in [0.3, 0.4) is 0 Å². The number of nitrogens with one attached hydrogen (secondary N) is 2. The third-order valence-corrected chi connectivity index (χ3v) is 4.56. The molecule has 3 N–H and O–H groups in total. The lowest BCUT2D eigenvalue weighted by atomic mass is 10.0. The van der Waals surface area contributed by atoms with Crippen LogP contribution in [0.25, 0.3) is 0 Å². The number of benzene rings is 1. The van der Waals surface area contributed by atoms with E-state index in [0.717, 1.165) is 24.3 Å². The number of hydrogen-bond acceptors (Lipinski definition) is 6. The summed E-state index contributed by atoms with van der Waals surface area (Å²) in [6.07, 6.45) is 0.424. The maximum absolute atomic E-state index is 12.1. The van der Waals surface area contributed by atoms with Gasteiger partial charge in [0.15, 0.2) is 0 Å². The minimum atomic E-state index is -0.674. The van der Waals surface area contributed by atoms with Crippen molar-refractivity contribution in [1.82, 2.24) is 15.5 Å². The molecule has 8 heteroatoms. The molecule has 0 bridgehead atoms. The molecule has 150 valence electrons. The highest BCUT2D eigenvalue weighted by Gasteiger charge is 2.24. The van der Waals surface area contributed by atoms with Crippen molar-refractivity contribution in [2.45, 2.75) is 12.5 Å². The Kier molecular flexibility index (Phi) is 8.50. The Labute approximate surface area is 160 Å². The molecule has 1 aliphatic rings. The molecule has 1 aliphatic heterocycles. The Morgan fingerprint density at radius 2 is 1.78 bits per heavy atom. The highest BCUT2D eigenvalue weighted by atomic mass is 16.5. The van der Waals surface area contributed by atoms with Crippen LogP contribution in [0.15, 0.2) is 24.3 Å². The molecule has 1 fully saturated rings. The van der Waals surface area contributed by atoms with Crippen LogP contribution in [0.4, 0.5) is 5.69 Å². The SMILES string of the molecule is CN(C)c1ccc(C(CNC(=O)C(=O)NCCCO)N2CCOCC2)cc1. The molecule has 1 aromatic carbocycles. The largest absolute Gasteiger partial charge is 0.396 e. The number of amides is 2. The molecule has 2 rings (SSSR count). The maximum Gasteiger partial charge on any atom is 0.309 e. The van der Waals surface area contributed by atoms with Gasteiger partial charge < -0.3 is 25.4 Å². The van der Waals surface area contributed by atoms with Crippen molar-refractivity contribution >= 4 is 17.5 Å². The highest BCUT2D eigenvalue weighted by molar-refractivity contribution is 6.35. The molecule has 1 heterocycles. The van der Waals surface area contributed by atoms with Gasteiger partial charge in [-0.25, -0.2) is 0 Å². The van der Waals surface area contributed by atoms with Gasteiger partial charge in [0.05, 0.1) is 19.3 Å². The van der Waals surface area contributed by atoms with Crippen molar-refractivity contribution in [1.29, 1.82) is 0 Å². The van der Waals surface area contributed by atoms with E-state index in [4.69, 9.17) is 9.84 Å². The molecule has 27 heavy (non-hydrogen) atoms. The molecular weight excluding hydrogens is 348 g/mol. The first-order valence-corrected chi connectivity index (χ1v) is 9.29. The van der Waals surface area contributed by atoms with Crippen molar-refractivity contribution in [2.24, 2.45) is 0 Å². The standard InChI is InChI=1S/C19H30N4O4/c1-22(2)16-6-4-15(5-7-16)17(23-9-12-27-13-10-23)14-21-19(26)18(25)20-8-3-11-24/h4-7,17,24H,3,8-14H2,1-2H3,(H,20,25)(H,21,26). The highest BCUT2D eigenvalue weighted by Crippen LogP contribution is 2.23. The van der Waals surface area contributed by atoms with E-state index in [1.54, 1.807) is 0 Å². The quantitative estimate of drug-likeness (QED) is 0.426. The fraction of sp³-hybridized carbons (Fsp3) is 0.579. The van der Waals surface area contributed by atoms with Crippen molar-refractivity contribution < 1.29 is 19.4 Å². The molecule has 1 saturated heterocycles. The zero-order valence-corrected chi connectivity index (χ0v) is 16.1. The Balaban J connectivity index is 2.02. The number of hydrogen-bond donors (Lipinski definition) is 3. The van der Waals surface area contributed by atoms with Gasteiger partial charge >= 0.3 is 11.8 Å². The Hall–Kier alpha value is -2.16. The smallest absolute Gasteiger partial charge is 0.309 e. The van der Waals surface area contributed by atoms with Gasteiger partial charge in [-0.15, -0.1) is 0 Å². The topological polar surface area (TPSA) is 94.1 Å². The van der Waals surface area contributed by atoms with Crippen LogP contribution in [0, 0.1) is 0 Å². The average Bonchev–Trinajstić information content (AvgIpc) is 2.69. The lowest BCUT2D eigenvalue weighted by molar-refractivity contribution is -0.139. The first kappa shape index (κ1) is 21.1. The lowest BCUT2D eigenvalue weighted by Gasteiger charge is -2.35. The number of aliphatic hydroxyl groups is 1. The van der Waals surface area contributed by atoms with E-state index in [-0.39, 0.29) is 19.2 Å². The first-order chi connectivity index (χ1) is 13.0. The Bertz CT molecular complexity index is 600. The second-order valence-corrected chi connectivity index (χ2v) is 6.69. The monoisotopic (exact) mass is 378 g/mol. The third kappa shape index (κ3) is 6.50. The van der Waals surface area contributed by atoms with Crippen LogP contribution < -0.4 is 15.5 Å². The molecule has 0 spiro atoms. The van der Waals surface area contributed by atoms with E-state index in [1.165, 1.54) is 0 Å². The molecule has 0 saturated carbocycles. The fourth-order valence-corrected chi connectivity index (χ4v) is 2.97. The van der Waals surface area contributed by atoms with Gasteiger partial charge in [-0.3, -0.25) is 14.5 Å². The number of carbonyl (C=O) groups excluding carboxylic acids is 2. The van der Waals surface area contributed by atoms with E-state index in [1.807, 2.05) is 31.1 Å². The third-order valence-electron chi connectivity index (χ3n) is 4.56. The van der Waals surface area contributed by atoms with Gasteiger partial charge in [0.1, 0.15) is 0 Å². The minimum absolute atomic E-state index is 0.0239. The average molecular weight is 378 g/mol. The summed E-state index contributed by atoms with van der Waals surface area (Å²) in [5.74, 6) is -1.33. The van der Waals surface area contributed by atoms with Gasteiger partial charge in [0.2, 0.25) is 0 Å². The Morgan fingerprint density at radius 1 is 1.15 bits per heavy atom. The van der Waals surface area contributed by atoms with Gasteiger partial charge in [-0.05, 0) is 24.1 Å². The molecule has 1 aromatic rings. The van der Waals surface area contributed by atoms with Gasteiger partial charge in [-0.1, -0.05) is 12.1 Å². The number of aliphatic hydroxyl groups excluding tert-OH is 1. The van der Waals surface area contributed by atoms with Gasteiger partial charge in [0, 0.05) is 52.6 Å². The number of nitrogens with zero attached hydrogens (tertiary/aromatic N) is 2. The Morgan fingerprint density at radius 3 is 2.37 bits per heavy atom. The second-order valence-electron chi connectivity index (χ2n) is 6.69. The summed E-state index contributed by atoms with van der Waals surface area (Å²) in [4.78, 5) is 28.2. The van der Waals surface area contributed by atoms with Crippen LogP contribution >= 0.6 is 0 Å². The van der Waals surface area contributed by atoms with Crippen LogP contribution in [-0.4, -0.2) is 81.9 Å². The summed E-state index contributed by atoms with van der Waals surface area (Å²) in [7, 11) is 3.98. The van der Waals surface area contributed by atoms with E-state index >= 15 is 0 Å². The fourth-order valence-electron chi connectivity index (χ4n) is 2.97. The van der Waals surface area contributed by atoms with E-state index in [0.29, 0.717) is 26.2 Å². The lowest BCUT2D eigenvalue weighted by Crippen LogP contribution is -2.46. The van der Waals surface area contributed by atoms with Crippen LogP contribution in [0.2, 0.25) is 0 Å². The van der Waals surface area contributed by atoms with E-state index in [9.17, 15) is 9.59 Å². The van der Waals surface area contributed by atoms with Crippen LogP contribution in [0.1, 0.15) is 18.0 Å². The predicted octanol–water partition coefficient (Wildman–Crippen LogP) is -0.259. The second kappa shape index (κ2) is 10.9. The van der Waals surface area contributed by atoms with Crippen molar-refractivity contribution in [3.8, 4) is 0 Å². The number of morpholine rings is 1. The molecule has 0 aromatic heterocycles. The van der Waals surface area contributed by atoms with E-state index in [2.05, 4.69) is 27.7 Å². The molecular formula is C19H30N4O4. The molecule has 0 radical (unpaired) electrons. The molecule has 1 unspecified atom stereocenters. The molecule has 0 aliphatic carbocycles. The summed E-state index contributed by atoms with van der Waals surface area (Å²) in [6, 6.07) is 8.18. The van der Waals surface area contributed by atoms with E-state index < -0.39 is 11.8 Å². The summed E-state index contributed by atoms with van der Waals surface area (Å²) >= 11 is 0. The first-order valence-electron chi connectivity index (χ1n) is 9.29. The molecule has 2 amide bonds. The number of ether oxygens (including phenoxy) is 1. The summed E-state index contributed by atoms with van der Waals surface area (Å²) in [5.41, 5.74) is 2.19. The normalized spacial score (nSPS) is 15.8. The summed E-state index contributed by atoms with van der Waals surface area (Å²) in [5, 5.41) is 14.0. The molecule has 1 atom stereocenters.